The Morgan fingerprint density at radius 1 is 0.969 bits per heavy atom. The van der Waals surface area contributed by atoms with Crippen LogP contribution in [0.25, 0.3) is 16.8 Å². The topological polar surface area (TPSA) is 75.4 Å². The number of carbonyl (C=O) groups excluding carboxylic acids is 1. The summed E-state index contributed by atoms with van der Waals surface area (Å²) >= 11 is 0. The van der Waals surface area contributed by atoms with Crippen molar-refractivity contribution in [2.24, 2.45) is 0 Å². The molecular weight excluding hydrogens is 400 g/mol. The molecule has 4 aromatic rings. The SMILES string of the molecule is O=C(c1cnn2c(-c3ccc(NCCc4cccnc4)nc3)cccc12)N1CCCCC1. The molecule has 5 heterocycles. The zero-order chi connectivity index (χ0) is 21.8. The molecule has 1 amide bonds. The van der Waals surface area contributed by atoms with Gasteiger partial charge in [0.15, 0.2) is 0 Å². The van der Waals surface area contributed by atoms with Gasteiger partial charge in [-0.15, -0.1) is 0 Å². The second-order valence-electron chi connectivity index (χ2n) is 8.09. The van der Waals surface area contributed by atoms with Crippen LogP contribution in [0.4, 0.5) is 5.82 Å². The molecule has 162 valence electrons. The Labute approximate surface area is 187 Å². The Bertz CT molecular complexity index is 1200. The van der Waals surface area contributed by atoms with Gasteiger partial charge in [-0.05, 0) is 61.6 Å². The summed E-state index contributed by atoms with van der Waals surface area (Å²) in [6.07, 6.45) is 11.4. The summed E-state index contributed by atoms with van der Waals surface area (Å²) in [6, 6.07) is 13.9. The van der Waals surface area contributed by atoms with Crippen molar-refractivity contribution in [2.75, 3.05) is 25.0 Å². The highest BCUT2D eigenvalue weighted by Gasteiger charge is 2.22. The van der Waals surface area contributed by atoms with E-state index in [1.54, 1.807) is 12.4 Å². The Hall–Kier alpha value is -3.74. The van der Waals surface area contributed by atoms with Crippen molar-refractivity contribution in [2.45, 2.75) is 25.7 Å². The first kappa shape index (κ1) is 20.2. The largest absolute Gasteiger partial charge is 0.370 e. The van der Waals surface area contributed by atoms with Gasteiger partial charge in [0.05, 0.1) is 23.0 Å². The highest BCUT2D eigenvalue weighted by Crippen LogP contribution is 2.24. The quantitative estimate of drug-likeness (QED) is 0.503. The summed E-state index contributed by atoms with van der Waals surface area (Å²) in [5, 5.41) is 7.89. The highest BCUT2D eigenvalue weighted by molar-refractivity contribution is 6.01. The Morgan fingerprint density at radius 3 is 2.66 bits per heavy atom. The van der Waals surface area contributed by atoms with Gasteiger partial charge in [0.25, 0.3) is 5.91 Å². The van der Waals surface area contributed by atoms with Crippen molar-refractivity contribution in [3.63, 3.8) is 0 Å². The molecule has 7 heteroatoms. The van der Waals surface area contributed by atoms with Crippen LogP contribution in [0.2, 0.25) is 0 Å². The zero-order valence-corrected chi connectivity index (χ0v) is 17.9. The number of hydrogen-bond donors (Lipinski definition) is 1. The fraction of sp³-hybridized carbons (Fsp3) is 0.280. The smallest absolute Gasteiger partial charge is 0.257 e. The Balaban J connectivity index is 1.32. The normalized spacial score (nSPS) is 13.9. The molecule has 1 N–H and O–H groups in total. The lowest BCUT2D eigenvalue weighted by molar-refractivity contribution is 0.0726. The maximum Gasteiger partial charge on any atom is 0.257 e. The molecule has 0 unspecified atom stereocenters. The molecule has 7 nitrogen and oxygen atoms in total. The van der Waals surface area contributed by atoms with E-state index in [4.69, 9.17) is 0 Å². The predicted octanol–water partition coefficient (Wildman–Crippen LogP) is 4.07. The average molecular weight is 427 g/mol. The van der Waals surface area contributed by atoms with E-state index in [0.717, 1.165) is 61.5 Å². The fourth-order valence-corrected chi connectivity index (χ4v) is 4.19. The Kier molecular flexibility index (Phi) is 5.79. The maximum absolute atomic E-state index is 13.0. The molecule has 1 aliphatic rings. The van der Waals surface area contributed by atoms with Gasteiger partial charge in [-0.2, -0.15) is 5.10 Å². The lowest BCUT2D eigenvalue weighted by Gasteiger charge is -2.26. The van der Waals surface area contributed by atoms with Gasteiger partial charge in [0.2, 0.25) is 0 Å². The first-order chi connectivity index (χ1) is 15.8. The van der Waals surface area contributed by atoms with Crippen LogP contribution in [0.3, 0.4) is 0 Å². The zero-order valence-electron chi connectivity index (χ0n) is 17.9. The van der Waals surface area contributed by atoms with Crippen molar-refractivity contribution in [3.8, 4) is 11.3 Å². The number of likely N-dealkylation sites (tertiary alicyclic amines) is 1. The lowest BCUT2D eigenvalue weighted by atomic mass is 10.1. The number of aromatic nitrogens is 4. The molecule has 1 fully saturated rings. The van der Waals surface area contributed by atoms with E-state index in [9.17, 15) is 4.79 Å². The number of fused-ring (bicyclic) bond motifs is 1. The first-order valence-electron chi connectivity index (χ1n) is 11.1. The number of nitrogens with zero attached hydrogens (tertiary/aromatic N) is 5. The third kappa shape index (κ3) is 4.19. The van der Waals surface area contributed by atoms with Crippen LogP contribution in [-0.2, 0) is 6.42 Å². The molecule has 0 atom stereocenters. The second kappa shape index (κ2) is 9.18. The molecule has 0 aliphatic carbocycles. The van der Waals surface area contributed by atoms with Crippen molar-refractivity contribution in [1.82, 2.24) is 24.5 Å². The second-order valence-corrected chi connectivity index (χ2v) is 8.09. The number of pyridine rings is 3. The molecular formula is C25H26N6O. The van der Waals surface area contributed by atoms with Gasteiger partial charge in [0, 0.05) is 43.8 Å². The standard InChI is InChI=1S/C25H26N6O/c32-25(30-14-2-1-3-15-30)21-18-29-31-22(7-4-8-23(21)31)20-9-10-24(28-17-20)27-13-11-19-6-5-12-26-16-19/h4-10,12,16-18H,1-3,11,13-15H2,(H,27,28). The van der Waals surface area contributed by atoms with Gasteiger partial charge in [-0.1, -0.05) is 12.1 Å². The van der Waals surface area contributed by atoms with E-state index < -0.39 is 0 Å². The van der Waals surface area contributed by atoms with Crippen molar-refractivity contribution < 1.29 is 4.79 Å². The minimum absolute atomic E-state index is 0.0724. The van der Waals surface area contributed by atoms with Crippen LogP contribution >= 0.6 is 0 Å². The fourth-order valence-electron chi connectivity index (χ4n) is 4.19. The number of rotatable bonds is 6. The van der Waals surface area contributed by atoms with Crippen LogP contribution in [0.5, 0.6) is 0 Å². The van der Waals surface area contributed by atoms with Gasteiger partial charge in [0.1, 0.15) is 5.82 Å². The summed E-state index contributed by atoms with van der Waals surface area (Å²) in [5.74, 6) is 0.898. The third-order valence-corrected chi connectivity index (χ3v) is 5.92. The molecule has 0 aromatic carbocycles. The van der Waals surface area contributed by atoms with Crippen LogP contribution in [0, 0.1) is 0 Å². The van der Waals surface area contributed by atoms with Crippen LogP contribution in [-0.4, -0.2) is 50.0 Å². The summed E-state index contributed by atoms with van der Waals surface area (Å²) in [5.41, 5.74) is 4.55. The van der Waals surface area contributed by atoms with E-state index in [0.29, 0.717) is 5.56 Å². The Morgan fingerprint density at radius 2 is 1.88 bits per heavy atom. The molecule has 0 radical (unpaired) electrons. The van der Waals surface area contributed by atoms with E-state index in [2.05, 4.69) is 26.4 Å². The number of hydrogen-bond acceptors (Lipinski definition) is 5. The number of nitrogens with one attached hydrogen (secondary N) is 1. The summed E-state index contributed by atoms with van der Waals surface area (Å²) < 4.78 is 1.84. The monoisotopic (exact) mass is 426 g/mol. The number of amides is 1. The van der Waals surface area contributed by atoms with Crippen molar-refractivity contribution >= 4 is 17.2 Å². The minimum Gasteiger partial charge on any atom is -0.370 e. The van der Waals surface area contributed by atoms with Gasteiger partial charge < -0.3 is 10.2 Å². The molecule has 5 rings (SSSR count). The summed E-state index contributed by atoms with van der Waals surface area (Å²) in [7, 11) is 0. The van der Waals surface area contributed by atoms with E-state index in [1.165, 1.54) is 12.0 Å². The first-order valence-corrected chi connectivity index (χ1v) is 11.1. The third-order valence-electron chi connectivity index (χ3n) is 5.92. The molecule has 0 bridgehead atoms. The maximum atomic E-state index is 13.0. The van der Waals surface area contributed by atoms with Gasteiger partial charge in [-0.3, -0.25) is 9.78 Å². The van der Waals surface area contributed by atoms with Crippen molar-refractivity contribution in [1.29, 1.82) is 0 Å². The minimum atomic E-state index is 0.0724. The number of piperidine rings is 1. The predicted molar refractivity (Wildman–Crippen MR) is 125 cm³/mol. The molecule has 1 saturated heterocycles. The van der Waals surface area contributed by atoms with Gasteiger partial charge in [-0.25, -0.2) is 9.50 Å². The van der Waals surface area contributed by atoms with Crippen LogP contribution in [0.1, 0.15) is 35.2 Å². The van der Waals surface area contributed by atoms with Gasteiger partial charge >= 0.3 is 0 Å². The lowest BCUT2D eigenvalue weighted by Crippen LogP contribution is -2.35. The molecule has 0 saturated carbocycles. The van der Waals surface area contributed by atoms with Crippen LogP contribution in [0.15, 0.2) is 67.3 Å². The summed E-state index contributed by atoms with van der Waals surface area (Å²) in [6.45, 7) is 2.44. The van der Waals surface area contributed by atoms with Crippen LogP contribution < -0.4 is 5.32 Å². The number of anilines is 1. The molecule has 4 aromatic heterocycles. The van der Waals surface area contributed by atoms with E-state index in [-0.39, 0.29) is 5.91 Å². The van der Waals surface area contributed by atoms with Crippen molar-refractivity contribution in [3.05, 3.63) is 78.4 Å². The van der Waals surface area contributed by atoms with E-state index >= 15 is 0 Å². The summed E-state index contributed by atoms with van der Waals surface area (Å²) in [4.78, 5) is 23.7. The number of carbonyl (C=O) groups is 1. The highest BCUT2D eigenvalue weighted by atomic mass is 16.2. The molecule has 1 aliphatic heterocycles. The van der Waals surface area contributed by atoms with E-state index in [1.807, 2.05) is 58.2 Å². The average Bonchev–Trinajstić information content (AvgIpc) is 3.30. The molecule has 32 heavy (non-hydrogen) atoms. The molecule has 0 spiro atoms.